The first-order chi connectivity index (χ1) is 9.40. The quantitative estimate of drug-likeness (QED) is 0.935. The molecule has 0 fully saturated rings. The Morgan fingerprint density at radius 2 is 1.90 bits per heavy atom. The molecule has 104 valence electrons. The molecule has 0 saturated carbocycles. The largest absolute Gasteiger partial charge is 0.478 e. The molecule has 2 aromatic rings. The summed E-state index contributed by atoms with van der Waals surface area (Å²) in [4.78, 5) is 23.2. The minimum Gasteiger partial charge on any atom is -0.478 e. The Hall–Kier alpha value is -1.95. The summed E-state index contributed by atoms with van der Waals surface area (Å²) in [5.74, 6) is -1.23. The molecule has 0 unspecified atom stereocenters. The highest BCUT2D eigenvalue weighted by Gasteiger charge is 2.17. The number of carboxylic acid groups (broad SMARTS) is 1. The van der Waals surface area contributed by atoms with Gasteiger partial charge in [0.25, 0.3) is 5.56 Å². The van der Waals surface area contributed by atoms with E-state index in [1.165, 1.54) is 4.68 Å². The zero-order chi connectivity index (χ0) is 14.9. The zero-order valence-corrected chi connectivity index (χ0v) is 12.6. The summed E-state index contributed by atoms with van der Waals surface area (Å²) in [6, 6.07) is 8.19. The number of carbonyl (C=O) groups is 1. The Bertz CT molecular complexity index is 705. The van der Waals surface area contributed by atoms with Gasteiger partial charge in [-0.25, -0.2) is 4.79 Å². The Labute approximate surface area is 124 Å². The topological polar surface area (TPSA) is 72.2 Å². The molecular formula is C14H13BrN2O3. The van der Waals surface area contributed by atoms with Crippen molar-refractivity contribution in [2.75, 3.05) is 0 Å². The lowest BCUT2D eigenvalue weighted by atomic mass is 10.0. The van der Waals surface area contributed by atoms with Crippen LogP contribution in [0.4, 0.5) is 0 Å². The lowest BCUT2D eigenvalue weighted by Crippen LogP contribution is -2.25. The summed E-state index contributed by atoms with van der Waals surface area (Å²) in [6.45, 7) is 3.68. The van der Waals surface area contributed by atoms with E-state index in [0.717, 1.165) is 10.5 Å². The number of halogens is 1. The Balaban J connectivity index is 2.66. The molecule has 1 aromatic heterocycles. The second-order valence-electron chi connectivity index (χ2n) is 4.63. The van der Waals surface area contributed by atoms with E-state index >= 15 is 0 Å². The van der Waals surface area contributed by atoms with Crippen LogP contribution in [0.1, 0.15) is 35.8 Å². The van der Waals surface area contributed by atoms with Gasteiger partial charge in [0, 0.05) is 10.5 Å². The molecule has 1 N–H and O–H groups in total. The fourth-order valence-electron chi connectivity index (χ4n) is 1.83. The summed E-state index contributed by atoms with van der Waals surface area (Å²) < 4.78 is 2.11. The van der Waals surface area contributed by atoms with E-state index in [2.05, 4.69) is 21.0 Å². The highest BCUT2D eigenvalue weighted by molar-refractivity contribution is 9.10. The molecule has 0 saturated heterocycles. The third kappa shape index (κ3) is 2.80. The van der Waals surface area contributed by atoms with Gasteiger partial charge >= 0.3 is 5.97 Å². The lowest BCUT2D eigenvalue weighted by Gasteiger charge is -2.12. The summed E-state index contributed by atoms with van der Waals surface area (Å²) in [7, 11) is 0. The summed E-state index contributed by atoms with van der Waals surface area (Å²) in [5.41, 5.74) is 0.476. The van der Waals surface area contributed by atoms with Crippen molar-refractivity contribution in [2.45, 2.75) is 19.8 Å². The summed E-state index contributed by atoms with van der Waals surface area (Å²) in [6.07, 6.45) is 0. The predicted molar refractivity (Wildman–Crippen MR) is 78.6 cm³/mol. The van der Waals surface area contributed by atoms with Gasteiger partial charge in [0.05, 0.1) is 16.9 Å². The maximum Gasteiger partial charge on any atom is 0.337 e. The van der Waals surface area contributed by atoms with E-state index in [0.29, 0.717) is 11.4 Å². The van der Waals surface area contributed by atoms with Crippen LogP contribution in [0.2, 0.25) is 0 Å². The van der Waals surface area contributed by atoms with Crippen molar-refractivity contribution in [1.29, 1.82) is 0 Å². The van der Waals surface area contributed by atoms with Crippen molar-refractivity contribution in [1.82, 2.24) is 9.78 Å². The highest BCUT2D eigenvalue weighted by atomic mass is 79.9. The van der Waals surface area contributed by atoms with E-state index in [9.17, 15) is 9.59 Å². The Morgan fingerprint density at radius 3 is 2.40 bits per heavy atom. The van der Waals surface area contributed by atoms with Crippen LogP contribution in [0.15, 0.2) is 39.6 Å². The molecule has 0 spiro atoms. The van der Waals surface area contributed by atoms with E-state index in [1.54, 1.807) is 24.3 Å². The Morgan fingerprint density at radius 1 is 1.30 bits per heavy atom. The minimum atomic E-state index is -1.14. The molecule has 0 aliphatic heterocycles. The zero-order valence-electron chi connectivity index (χ0n) is 11.0. The first kappa shape index (κ1) is 14.5. The fourth-order valence-corrected chi connectivity index (χ4v) is 2.10. The van der Waals surface area contributed by atoms with E-state index in [4.69, 9.17) is 5.11 Å². The van der Waals surface area contributed by atoms with Crippen LogP contribution in [-0.2, 0) is 0 Å². The number of benzene rings is 1. The van der Waals surface area contributed by atoms with Crippen molar-refractivity contribution >= 4 is 21.9 Å². The SMILES string of the molecule is CC(C)c1nn(-c2ccc(Br)cc2)c(=O)cc1C(=O)O. The molecule has 6 heteroatoms. The van der Waals surface area contributed by atoms with Crippen LogP contribution in [0, 0.1) is 0 Å². The first-order valence-electron chi connectivity index (χ1n) is 6.03. The van der Waals surface area contributed by atoms with Crippen LogP contribution >= 0.6 is 15.9 Å². The molecule has 1 heterocycles. The van der Waals surface area contributed by atoms with E-state index in [-0.39, 0.29) is 11.5 Å². The van der Waals surface area contributed by atoms with E-state index in [1.807, 2.05) is 13.8 Å². The molecule has 2 rings (SSSR count). The standard InChI is InChI=1S/C14H13BrN2O3/c1-8(2)13-11(14(19)20)7-12(18)17(16-13)10-5-3-9(15)4-6-10/h3-8H,1-2H3,(H,19,20). The van der Waals surface area contributed by atoms with Crippen LogP contribution in [0.5, 0.6) is 0 Å². The van der Waals surface area contributed by atoms with Crippen molar-refractivity contribution < 1.29 is 9.90 Å². The molecule has 0 amide bonds. The summed E-state index contributed by atoms with van der Waals surface area (Å²) >= 11 is 3.32. The van der Waals surface area contributed by atoms with Crippen LogP contribution < -0.4 is 5.56 Å². The summed E-state index contributed by atoms with van der Waals surface area (Å²) in [5, 5.41) is 13.3. The maximum absolute atomic E-state index is 12.0. The number of aromatic nitrogens is 2. The predicted octanol–water partition coefficient (Wildman–Crippen LogP) is 2.82. The van der Waals surface area contributed by atoms with Crippen LogP contribution in [0.25, 0.3) is 5.69 Å². The van der Waals surface area contributed by atoms with Gasteiger partial charge in [-0.1, -0.05) is 29.8 Å². The molecule has 0 aliphatic carbocycles. The third-order valence-corrected chi connectivity index (χ3v) is 3.34. The van der Waals surface area contributed by atoms with Crippen molar-refractivity contribution in [2.24, 2.45) is 0 Å². The molecule has 20 heavy (non-hydrogen) atoms. The van der Waals surface area contributed by atoms with Gasteiger partial charge in [-0.3, -0.25) is 4.79 Å². The van der Waals surface area contributed by atoms with Gasteiger partial charge in [-0.2, -0.15) is 9.78 Å². The normalized spacial score (nSPS) is 10.8. The van der Waals surface area contributed by atoms with Gasteiger partial charge in [-0.05, 0) is 30.2 Å². The molecule has 0 atom stereocenters. The number of hydrogen-bond acceptors (Lipinski definition) is 3. The van der Waals surface area contributed by atoms with Crippen molar-refractivity contribution in [3.8, 4) is 5.69 Å². The molecule has 0 bridgehead atoms. The molecule has 0 aliphatic rings. The van der Waals surface area contributed by atoms with Gasteiger partial charge in [0.1, 0.15) is 0 Å². The van der Waals surface area contributed by atoms with Crippen molar-refractivity contribution in [3.63, 3.8) is 0 Å². The molecule has 1 aromatic carbocycles. The second kappa shape index (κ2) is 5.58. The second-order valence-corrected chi connectivity index (χ2v) is 5.55. The molecule has 5 nitrogen and oxygen atoms in total. The van der Waals surface area contributed by atoms with E-state index < -0.39 is 11.5 Å². The van der Waals surface area contributed by atoms with Crippen LogP contribution in [0.3, 0.4) is 0 Å². The van der Waals surface area contributed by atoms with Gasteiger partial charge in [0.2, 0.25) is 0 Å². The van der Waals surface area contributed by atoms with Gasteiger partial charge in [-0.15, -0.1) is 0 Å². The van der Waals surface area contributed by atoms with Crippen molar-refractivity contribution in [3.05, 3.63) is 56.4 Å². The highest BCUT2D eigenvalue weighted by Crippen LogP contribution is 2.17. The maximum atomic E-state index is 12.0. The number of hydrogen-bond donors (Lipinski definition) is 1. The van der Waals surface area contributed by atoms with Gasteiger partial charge < -0.3 is 5.11 Å². The molecular weight excluding hydrogens is 324 g/mol. The monoisotopic (exact) mass is 336 g/mol. The fraction of sp³-hybridized carbons (Fsp3) is 0.214. The Kier molecular flexibility index (Phi) is 4.04. The first-order valence-corrected chi connectivity index (χ1v) is 6.83. The lowest BCUT2D eigenvalue weighted by molar-refractivity contribution is 0.0694. The third-order valence-electron chi connectivity index (χ3n) is 2.81. The minimum absolute atomic E-state index is 0.0432. The molecule has 0 radical (unpaired) electrons. The number of rotatable bonds is 3. The number of aromatic carboxylic acids is 1. The average molecular weight is 337 g/mol. The van der Waals surface area contributed by atoms with Crippen LogP contribution in [-0.4, -0.2) is 20.9 Å². The van der Waals surface area contributed by atoms with Gasteiger partial charge in [0.15, 0.2) is 0 Å². The smallest absolute Gasteiger partial charge is 0.337 e. The number of nitrogens with zero attached hydrogens (tertiary/aromatic N) is 2. The number of carboxylic acids is 1. The average Bonchev–Trinajstić information content (AvgIpc) is 2.39.